The Labute approximate surface area is 190 Å². The van der Waals surface area contributed by atoms with Crippen LogP contribution < -0.4 is 10.4 Å². The first-order chi connectivity index (χ1) is 11.7. The zero-order valence-corrected chi connectivity index (χ0v) is 19.0. The van der Waals surface area contributed by atoms with Crippen molar-refractivity contribution in [2.24, 2.45) is 0 Å². The summed E-state index contributed by atoms with van der Waals surface area (Å²) in [5.41, 5.74) is 1.13. The van der Waals surface area contributed by atoms with Gasteiger partial charge in [-0.2, -0.15) is 17.4 Å². The van der Waals surface area contributed by atoms with Gasteiger partial charge in [0.05, 0.1) is 0 Å². The summed E-state index contributed by atoms with van der Waals surface area (Å²) in [4.78, 5) is 0. The van der Waals surface area contributed by atoms with Gasteiger partial charge in [0, 0.05) is 26.2 Å². The summed E-state index contributed by atoms with van der Waals surface area (Å²) >= 11 is 0. The molecule has 4 aromatic carbocycles. The van der Waals surface area contributed by atoms with Crippen molar-refractivity contribution in [1.29, 1.82) is 0 Å². The molecule has 27 heavy (non-hydrogen) atoms. The second kappa shape index (κ2) is 8.31. The molecule has 0 radical (unpaired) electrons. The summed E-state index contributed by atoms with van der Waals surface area (Å²) in [7, 11) is 0. The Bertz CT molecular complexity index is 1190. The van der Waals surface area contributed by atoms with E-state index in [1.165, 1.54) is 37.5 Å². The summed E-state index contributed by atoms with van der Waals surface area (Å²) in [6, 6.07) is 28.2. The van der Waals surface area contributed by atoms with Crippen molar-refractivity contribution >= 4 is 58.5 Å². The molecule has 0 aromatic heterocycles. The van der Waals surface area contributed by atoms with Crippen LogP contribution in [0.4, 0.5) is 0 Å². The molecule has 0 spiro atoms. The van der Waals surface area contributed by atoms with E-state index in [2.05, 4.69) is 97.9 Å². The van der Waals surface area contributed by atoms with Crippen molar-refractivity contribution in [2.75, 3.05) is 0 Å². The molecule has 1 aliphatic carbocycles. The molecule has 0 aliphatic heterocycles. The predicted molar refractivity (Wildman–Crippen MR) is 117 cm³/mol. The maximum absolute atomic E-state index is 3.73. The van der Waals surface area contributed by atoms with E-state index < -0.39 is 0 Å². The van der Waals surface area contributed by atoms with Crippen LogP contribution >= 0.6 is 24.8 Å². The SMILES string of the molecule is CC1(c2cccc3ccc4ccccc4c23)[C-]=c2ccccc2=C1.Cl.Cl.[Zr]. The minimum absolute atomic E-state index is 0. The molecule has 0 bridgehead atoms. The number of benzene rings is 4. The topological polar surface area (TPSA) is 0 Å². The van der Waals surface area contributed by atoms with Crippen LogP contribution in [0.15, 0.2) is 78.9 Å². The minimum atomic E-state index is -0.201. The van der Waals surface area contributed by atoms with Crippen molar-refractivity contribution in [3.05, 3.63) is 94.9 Å². The van der Waals surface area contributed by atoms with Crippen LogP contribution in [-0.2, 0) is 31.6 Å². The average Bonchev–Trinajstić information content (AvgIpc) is 2.98. The number of hydrogen-bond donors (Lipinski definition) is 0. The Morgan fingerprint density at radius 1 is 0.704 bits per heavy atom. The molecule has 134 valence electrons. The smallest absolute Gasteiger partial charge is 0 e. The average molecular weight is 470 g/mol. The van der Waals surface area contributed by atoms with Crippen LogP contribution in [0.1, 0.15) is 12.5 Å². The molecule has 0 heterocycles. The maximum Gasteiger partial charge on any atom is 0 e. The van der Waals surface area contributed by atoms with Crippen molar-refractivity contribution in [3.63, 3.8) is 0 Å². The first-order valence-corrected chi connectivity index (χ1v) is 8.39. The van der Waals surface area contributed by atoms with Crippen molar-refractivity contribution < 1.29 is 26.2 Å². The van der Waals surface area contributed by atoms with Gasteiger partial charge in [0.1, 0.15) is 0 Å². The first kappa shape index (κ1) is 21.9. The molecule has 1 unspecified atom stereocenters. The van der Waals surface area contributed by atoms with Gasteiger partial charge in [-0.1, -0.05) is 67.6 Å². The third-order valence-corrected chi connectivity index (χ3v) is 5.13. The molecular weight excluding hydrogens is 450 g/mol. The van der Waals surface area contributed by atoms with Gasteiger partial charge < -0.3 is 0 Å². The maximum atomic E-state index is 3.73. The number of fused-ring (bicyclic) bond motifs is 4. The molecular formula is C24H19Cl2Zr-. The van der Waals surface area contributed by atoms with Gasteiger partial charge in [-0.15, -0.1) is 48.2 Å². The molecule has 0 fully saturated rings. The molecule has 0 saturated carbocycles. The Morgan fingerprint density at radius 3 is 2.19 bits per heavy atom. The van der Waals surface area contributed by atoms with Gasteiger partial charge in [0.25, 0.3) is 0 Å². The van der Waals surface area contributed by atoms with Crippen molar-refractivity contribution in [1.82, 2.24) is 0 Å². The van der Waals surface area contributed by atoms with Gasteiger partial charge in [-0.3, -0.25) is 0 Å². The Kier molecular flexibility index (Phi) is 6.74. The Hall–Kier alpha value is -1.40. The molecule has 1 aliphatic rings. The van der Waals surface area contributed by atoms with Crippen LogP contribution in [0.25, 0.3) is 33.7 Å². The van der Waals surface area contributed by atoms with E-state index in [-0.39, 0.29) is 56.4 Å². The summed E-state index contributed by atoms with van der Waals surface area (Å²) in [5.74, 6) is 0. The zero-order chi connectivity index (χ0) is 16.1. The van der Waals surface area contributed by atoms with E-state index in [4.69, 9.17) is 0 Å². The van der Waals surface area contributed by atoms with E-state index in [0.29, 0.717) is 0 Å². The van der Waals surface area contributed by atoms with Gasteiger partial charge in [0.15, 0.2) is 0 Å². The fourth-order valence-corrected chi connectivity index (χ4v) is 4.00. The van der Waals surface area contributed by atoms with Crippen molar-refractivity contribution in [3.8, 4) is 0 Å². The fraction of sp³-hybridized carbons (Fsp3) is 0.0833. The van der Waals surface area contributed by atoms with Gasteiger partial charge in [-0.25, -0.2) is 0 Å². The quantitative estimate of drug-likeness (QED) is 0.264. The van der Waals surface area contributed by atoms with E-state index in [1.54, 1.807) is 0 Å². The first-order valence-electron chi connectivity index (χ1n) is 8.39. The fourth-order valence-electron chi connectivity index (χ4n) is 4.00. The van der Waals surface area contributed by atoms with Crippen LogP contribution in [0.2, 0.25) is 0 Å². The van der Waals surface area contributed by atoms with Crippen LogP contribution in [0.5, 0.6) is 0 Å². The number of halogens is 2. The molecule has 0 nitrogen and oxygen atoms in total. The molecule has 0 N–H and O–H groups in total. The van der Waals surface area contributed by atoms with Crippen molar-refractivity contribution in [2.45, 2.75) is 12.3 Å². The van der Waals surface area contributed by atoms with E-state index in [1.807, 2.05) is 0 Å². The second-order valence-electron chi connectivity index (χ2n) is 6.75. The third kappa shape index (κ3) is 3.54. The van der Waals surface area contributed by atoms with Gasteiger partial charge in [0.2, 0.25) is 0 Å². The van der Waals surface area contributed by atoms with E-state index in [9.17, 15) is 0 Å². The summed E-state index contributed by atoms with van der Waals surface area (Å²) in [6.45, 7) is 2.27. The molecule has 3 heteroatoms. The standard InChI is InChI=1S/C24H17.2ClH.Zr/c1-24(15-19-8-2-3-9-20(19)16-24)22-12-6-10-18-14-13-17-7-4-5-11-21(17)23(18)22;;;/h2-15H,1H3;2*1H;/q-1;;;. The predicted octanol–water partition coefficient (Wildman–Crippen LogP) is 5.24. The monoisotopic (exact) mass is 467 g/mol. The summed E-state index contributed by atoms with van der Waals surface area (Å²) in [5, 5.41) is 7.72. The third-order valence-electron chi connectivity index (χ3n) is 5.13. The van der Waals surface area contributed by atoms with Gasteiger partial charge >= 0.3 is 0 Å². The molecule has 0 amide bonds. The van der Waals surface area contributed by atoms with Crippen LogP contribution in [0, 0.1) is 0 Å². The molecule has 1 atom stereocenters. The van der Waals surface area contributed by atoms with E-state index in [0.717, 1.165) is 0 Å². The normalized spacial score (nSPS) is 16.9. The largest absolute Gasteiger partial charge is 0.189 e. The molecule has 0 saturated heterocycles. The second-order valence-corrected chi connectivity index (χ2v) is 6.75. The Balaban J connectivity index is 0.000000871. The zero-order valence-electron chi connectivity index (χ0n) is 14.9. The van der Waals surface area contributed by atoms with Gasteiger partial charge in [-0.05, 0) is 32.5 Å². The molecule has 4 aromatic rings. The Morgan fingerprint density at radius 2 is 1.37 bits per heavy atom. The van der Waals surface area contributed by atoms with Crippen LogP contribution in [-0.4, -0.2) is 0 Å². The summed E-state index contributed by atoms with van der Waals surface area (Å²) < 4.78 is 0. The van der Waals surface area contributed by atoms with Crippen LogP contribution in [0.3, 0.4) is 0 Å². The van der Waals surface area contributed by atoms with E-state index >= 15 is 0 Å². The summed E-state index contributed by atoms with van der Waals surface area (Å²) in [6.07, 6.45) is 6.07. The molecule has 5 rings (SSSR count). The number of rotatable bonds is 1. The minimum Gasteiger partial charge on any atom is -0.189 e. The number of hydrogen-bond acceptors (Lipinski definition) is 0.